The molecular weight excluding hydrogens is 332 g/mol. The Balaban J connectivity index is 1.58. The number of amides is 2. The zero-order valence-corrected chi connectivity index (χ0v) is 15.0. The molecule has 0 bridgehead atoms. The molecule has 0 spiro atoms. The van der Waals surface area contributed by atoms with E-state index in [0.29, 0.717) is 37.5 Å². The van der Waals surface area contributed by atoms with Crippen LogP contribution in [0, 0.1) is 6.92 Å². The van der Waals surface area contributed by atoms with Crippen LogP contribution < -0.4 is 4.74 Å². The van der Waals surface area contributed by atoms with Gasteiger partial charge in [0.2, 0.25) is 5.91 Å². The van der Waals surface area contributed by atoms with Gasteiger partial charge in [-0.25, -0.2) is 0 Å². The van der Waals surface area contributed by atoms with Gasteiger partial charge >= 0.3 is 0 Å². The van der Waals surface area contributed by atoms with Gasteiger partial charge in [0, 0.05) is 37.8 Å². The first-order valence-corrected chi connectivity index (χ1v) is 8.53. The average molecular weight is 354 g/mol. The third-order valence-corrected chi connectivity index (χ3v) is 4.51. The Hall–Kier alpha value is -3.02. The molecule has 1 aromatic carbocycles. The van der Waals surface area contributed by atoms with Crippen molar-refractivity contribution in [1.82, 2.24) is 9.80 Å². The first kappa shape index (κ1) is 17.8. The van der Waals surface area contributed by atoms with Gasteiger partial charge in [-0.05, 0) is 25.1 Å². The number of methoxy groups -OCH3 is 1. The number of hydrogen-bond acceptors (Lipinski definition) is 4. The van der Waals surface area contributed by atoms with E-state index in [9.17, 15) is 9.59 Å². The van der Waals surface area contributed by atoms with Crippen LogP contribution in [-0.4, -0.2) is 54.9 Å². The van der Waals surface area contributed by atoms with Gasteiger partial charge in [-0.3, -0.25) is 9.59 Å². The van der Waals surface area contributed by atoms with E-state index >= 15 is 0 Å². The predicted molar refractivity (Wildman–Crippen MR) is 98.0 cm³/mol. The van der Waals surface area contributed by atoms with E-state index in [0.717, 1.165) is 11.3 Å². The highest BCUT2D eigenvalue weighted by Gasteiger charge is 2.25. The number of rotatable bonds is 4. The maximum Gasteiger partial charge on any atom is 0.257 e. The minimum Gasteiger partial charge on any atom is -0.496 e. The summed E-state index contributed by atoms with van der Waals surface area (Å²) in [5.74, 6) is 1.23. The predicted octanol–water partition coefficient (Wildman–Crippen LogP) is 2.59. The molecule has 1 fully saturated rings. The number of furan rings is 1. The van der Waals surface area contributed by atoms with Crippen molar-refractivity contribution in [3.8, 4) is 5.75 Å². The zero-order valence-electron chi connectivity index (χ0n) is 15.0. The largest absolute Gasteiger partial charge is 0.496 e. The van der Waals surface area contributed by atoms with Crippen LogP contribution in [0.3, 0.4) is 0 Å². The van der Waals surface area contributed by atoms with Gasteiger partial charge in [-0.15, -0.1) is 0 Å². The van der Waals surface area contributed by atoms with Crippen molar-refractivity contribution in [1.29, 1.82) is 0 Å². The minimum atomic E-state index is -0.0671. The number of benzene rings is 1. The molecule has 6 nitrogen and oxygen atoms in total. The molecule has 3 rings (SSSR count). The van der Waals surface area contributed by atoms with Crippen LogP contribution in [0.5, 0.6) is 5.75 Å². The van der Waals surface area contributed by atoms with Gasteiger partial charge < -0.3 is 19.0 Å². The normalized spacial score (nSPS) is 14.7. The first-order chi connectivity index (χ1) is 12.6. The van der Waals surface area contributed by atoms with Crippen molar-refractivity contribution in [3.63, 3.8) is 0 Å². The topological polar surface area (TPSA) is 63.0 Å². The molecule has 0 atom stereocenters. The molecule has 0 unspecified atom stereocenters. The summed E-state index contributed by atoms with van der Waals surface area (Å²) in [6, 6.07) is 9.22. The summed E-state index contributed by atoms with van der Waals surface area (Å²) in [7, 11) is 1.60. The van der Waals surface area contributed by atoms with Crippen LogP contribution in [0.25, 0.3) is 6.08 Å². The van der Waals surface area contributed by atoms with Crippen molar-refractivity contribution in [2.24, 2.45) is 0 Å². The van der Waals surface area contributed by atoms with Crippen molar-refractivity contribution in [2.75, 3.05) is 33.3 Å². The Kier molecular flexibility index (Phi) is 5.41. The lowest BCUT2D eigenvalue weighted by atomic mass is 10.1. The lowest BCUT2D eigenvalue weighted by Gasteiger charge is -2.34. The SMILES string of the molecule is COc1ccccc1/C=C\C(=O)N1CCN(C(=O)c2ccoc2C)CC1. The van der Waals surface area contributed by atoms with Crippen LogP contribution in [0.1, 0.15) is 21.7 Å². The van der Waals surface area contributed by atoms with Gasteiger partial charge in [0.05, 0.1) is 18.9 Å². The van der Waals surface area contributed by atoms with Gasteiger partial charge in [0.25, 0.3) is 5.91 Å². The van der Waals surface area contributed by atoms with E-state index in [1.807, 2.05) is 24.3 Å². The summed E-state index contributed by atoms with van der Waals surface area (Å²) in [6.45, 7) is 3.82. The number of carbonyl (C=O) groups is 2. The molecule has 136 valence electrons. The Morgan fingerprint density at radius 3 is 2.42 bits per heavy atom. The number of carbonyl (C=O) groups excluding carboxylic acids is 2. The molecule has 1 aliphatic heterocycles. The first-order valence-electron chi connectivity index (χ1n) is 8.53. The summed E-state index contributed by atoms with van der Waals surface area (Å²) in [6.07, 6.45) is 4.83. The summed E-state index contributed by atoms with van der Waals surface area (Å²) < 4.78 is 10.5. The highest BCUT2D eigenvalue weighted by Crippen LogP contribution is 2.19. The number of para-hydroxylation sites is 1. The van der Waals surface area contributed by atoms with E-state index < -0.39 is 0 Å². The molecule has 0 saturated carbocycles. The molecule has 2 aromatic rings. The Bertz CT molecular complexity index is 817. The lowest BCUT2D eigenvalue weighted by molar-refractivity contribution is -0.127. The van der Waals surface area contributed by atoms with E-state index in [-0.39, 0.29) is 11.8 Å². The second kappa shape index (κ2) is 7.91. The molecule has 0 N–H and O–H groups in total. The summed E-state index contributed by atoms with van der Waals surface area (Å²) >= 11 is 0. The minimum absolute atomic E-state index is 0.0482. The fourth-order valence-electron chi connectivity index (χ4n) is 2.98. The number of ether oxygens (including phenoxy) is 1. The zero-order chi connectivity index (χ0) is 18.5. The van der Waals surface area contributed by atoms with Crippen LogP contribution in [0.15, 0.2) is 47.1 Å². The van der Waals surface area contributed by atoms with E-state index in [1.165, 1.54) is 6.26 Å². The van der Waals surface area contributed by atoms with E-state index in [2.05, 4.69) is 0 Å². The van der Waals surface area contributed by atoms with Gasteiger partial charge in [0.15, 0.2) is 0 Å². The second-order valence-electron chi connectivity index (χ2n) is 6.08. The van der Waals surface area contributed by atoms with Crippen LogP contribution in [0.2, 0.25) is 0 Å². The maximum absolute atomic E-state index is 12.5. The Morgan fingerprint density at radius 2 is 1.77 bits per heavy atom. The average Bonchev–Trinajstić information content (AvgIpc) is 3.11. The van der Waals surface area contributed by atoms with Crippen molar-refractivity contribution in [2.45, 2.75) is 6.92 Å². The Labute approximate surface area is 152 Å². The number of piperazine rings is 1. The van der Waals surface area contributed by atoms with Gasteiger partial charge in [0.1, 0.15) is 11.5 Å². The van der Waals surface area contributed by atoms with Crippen LogP contribution in [-0.2, 0) is 4.79 Å². The molecule has 1 aliphatic rings. The molecule has 0 radical (unpaired) electrons. The Morgan fingerprint density at radius 1 is 1.08 bits per heavy atom. The van der Waals surface area contributed by atoms with Gasteiger partial charge in [-0.2, -0.15) is 0 Å². The van der Waals surface area contributed by atoms with Crippen LogP contribution in [0.4, 0.5) is 0 Å². The van der Waals surface area contributed by atoms with E-state index in [1.54, 1.807) is 42.1 Å². The van der Waals surface area contributed by atoms with Crippen molar-refractivity contribution < 1.29 is 18.7 Å². The third-order valence-electron chi connectivity index (χ3n) is 4.51. The fourth-order valence-corrected chi connectivity index (χ4v) is 2.98. The third kappa shape index (κ3) is 3.79. The molecule has 2 heterocycles. The molecule has 1 saturated heterocycles. The van der Waals surface area contributed by atoms with Gasteiger partial charge in [-0.1, -0.05) is 18.2 Å². The lowest BCUT2D eigenvalue weighted by Crippen LogP contribution is -2.50. The van der Waals surface area contributed by atoms with Crippen molar-refractivity contribution in [3.05, 3.63) is 59.6 Å². The highest BCUT2D eigenvalue weighted by molar-refractivity contribution is 5.95. The summed E-state index contributed by atoms with van der Waals surface area (Å²) in [5.41, 5.74) is 1.44. The standard InChI is InChI=1S/C20H22N2O4/c1-15-17(9-14-26-15)20(24)22-12-10-21(11-13-22)19(23)8-7-16-5-3-4-6-18(16)25-2/h3-9,14H,10-13H2,1-2H3/b8-7-. The molecule has 2 amide bonds. The number of hydrogen-bond donors (Lipinski definition) is 0. The number of aryl methyl sites for hydroxylation is 1. The second-order valence-corrected chi connectivity index (χ2v) is 6.08. The summed E-state index contributed by atoms with van der Waals surface area (Å²) in [5, 5.41) is 0. The van der Waals surface area contributed by atoms with E-state index in [4.69, 9.17) is 9.15 Å². The smallest absolute Gasteiger partial charge is 0.257 e. The van der Waals surface area contributed by atoms with Crippen molar-refractivity contribution >= 4 is 17.9 Å². The molecule has 1 aromatic heterocycles. The molecular formula is C20H22N2O4. The quantitative estimate of drug-likeness (QED) is 0.792. The van der Waals surface area contributed by atoms with Crippen LogP contribution >= 0.6 is 0 Å². The fraction of sp³-hybridized carbons (Fsp3) is 0.300. The molecule has 6 heteroatoms. The number of nitrogens with zero attached hydrogens (tertiary/aromatic N) is 2. The summed E-state index contributed by atoms with van der Waals surface area (Å²) in [4.78, 5) is 28.4. The monoisotopic (exact) mass is 354 g/mol. The maximum atomic E-state index is 12.5. The molecule has 26 heavy (non-hydrogen) atoms. The highest BCUT2D eigenvalue weighted by atomic mass is 16.5. The molecule has 0 aliphatic carbocycles.